The monoisotopic (exact) mass is 158 g/mol. The fraction of sp³-hybridized carbons (Fsp3) is 1.00. The zero-order valence-corrected chi connectivity index (χ0v) is 8.73. The Morgan fingerprint density at radius 1 is 1.27 bits per heavy atom. The van der Waals surface area contributed by atoms with Crippen molar-refractivity contribution in [1.29, 1.82) is 0 Å². The zero-order valence-electron chi connectivity index (χ0n) is 8.73. The van der Waals surface area contributed by atoms with Crippen molar-refractivity contribution in [2.24, 2.45) is 5.92 Å². The molecule has 11 heavy (non-hydrogen) atoms. The summed E-state index contributed by atoms with van der Waals surface area (Å²) < 4.78 is 0. The van der Waals surface area contributed by atoms with E-state index in [-0.39, 0.29) is 5.54 Å². The van der Waals surface area contributed by atoms with E-state index in [0.717, 1.165) is 6.54 Å². The first-order valence-corrected chi connectivity index (χ1v) is 4.31. The Labute approximate surface area is 70.9 Å². The predicted octanol–water partition coefficient (Wildman–Crippen LogP) is 1.88. The summed E-state index contributed by atoms with van der Waals surface area (Å²) in [5, 5.41) is 2.16. The van der Waals surface area contributed by atoms with Gasteiger partial charge in [-0.05, 0) is 26.7 Å². The van der Waals surface area contributed by atoms with Gasteiger partial charge in [0.25, 0.3) is 0 Å². The van der Waals surface area contributed by atoms with Gasteiger partial charge in [0.15, 0.2) is 0 Å². The molecule has 0 atom stereocenters. The van der Waals surface area contributed by atoms with Gasteiger partial charge in [-0.25, -0.2) is 5.01 Å². The van der Waals surface area contributed by atoms with Crippen LogP contribution in [0.1, 0.15) is 34.6 Å². The molecule has 0 spiro atoms. The van der Waals surface area contributed by atoms with E-state index in [4.69, 9.17) is 0 Å². The van der Waals surface area contributed by atoms with Crippen LogP contribution < -0.4 is 5.43 Å². The Balaban J connectivity index is 3.61. The Morgan fingerprint density at radius 3 is 2.00 bits per heavy atom. The molecule has 0 aromatic carbocycles. The summed E-state index contributed by atoms with van der Waals surface area (Å²) >= 11 is 0. The van der Waals surface area contributed by atoms with E-state index in [1.807, 2.05) is 0 Å². The van der Waals surface area contributed by atoms with Gasteiger partial charge in [0.1, 0.15) is 0 Å². The Morgan fingerprint density at radius 2 is 1.73 bits per heavy atom. The molecule has 2 nitrogen and oxygen atoms in total. The molecule has 68 valence electrons. The molecule has 0 saturated heterocycles. The van der Waals surface area contributed by atoms with E-state index in [2.05, 4.69) is 52.1 Å². The largest absolute Gasteiger partial charge is 0.255 e. The first-order valence-electron chi connectivity index (χ1n) is 4.31. The maximum Gasteiger partial charge on any atom is 0.0266 e. The van der Waals surface area contributed by atoms with Gasteiger partial charge in [0.2, 0.25) is 0 Å². The summed E-state index contributed by atoms with van der Waals surface area (Å²) in [5.74, 6) is 0.708. The molecule has 0 radical (unpaired) electrons. The minimum atomic E-state index is 0.217. The van der Waals surface area contributed by atoms with Gasteiger partial charge in [-0.1, -0.05) is 13.8 Å². The molecule has 0 aliphatic carbocycles. The van der Waals surface area contributed by atoms with Crippen LogP contribution in [0.25, 0.3) is 0 Å². The van der Waals surface area contributed by atoms with Crippen LogP contribution in [0.15, 0.2) is 0 Å². The highest BCUT2D eigenvalue weighted by atomic mass is 15.5. The average molecular weight is 158 g/mol. The summed E-state index contributed by atoms with van der Waals surface area (Å²) in [5.41, 5.74) is 3.57. The molecule has 0 bridgehead atoms. The zero-order chi connectivity index (χ0) is 9.07. The normalized spacial score (nSPS) is 13.1. The van der Waals surface area contributed by atoms with E-state index in [0.29, 0.717) is 5.92 Å². The van der Waals surface area contributed by atoms with Crippen molar-refractivity contribution in [2.45, 2.75) is 40.2 Å². The SMILES string of the molecule is CC(C)CNN(C)C(C)(C)C. The fourth-order valence-corrected chi connectivity index (χ4v) is 0.557. The van der Waals surface area contributed by atoms with Gasteiger partial charge in [-0.2, -0.15) is 0 Å². The average Bonchev–Trinajstić information content (AvgIpc) is 1.80. The summed E-state index contributed by atoms with van der Waals surface area (Å²) in [6.45, 7) is 12.1. The van der Waals surface area contributed by atoms with Crippen LogP contribution in [-0.2, 0) is 0 Å². The third-order valence-electron chi connectivity index (χ3n) is 1.74. The lowest BCUT2D eigenvalue weighted by atomic mass is 10.1. The lowest BCUT2D eigenvalue weighted by Crippen LogP contribution is -2.48. The van der Waals surface area contributed by atoms with Crippen LogP contribution in [-0.4, -0.2) is 24.1 Å². The number of nitrogens with zero attached hydrogens (tertiary/aromatic N) is 1. The number of hydrogen-bond donors (Lipinski definition) is 1. The van der Waals surface area contributed by atoms with Crippen molar-refractivity contribution in [3.63, 3.8) is 0 Å². The van der Waals surface area contributed by atoms with Crippen molar-refractivity contribution in [2.75, 3.05) is 13.6 Å². The van der Waals surface area contributed by atoms with Gasteiger partial charge in [0, 0.05) is 19.1 Å². The van der Waals surface area contributed by atoms with Gasteiger partial charge < -0.3 is 0 Å². The van der Waals surface area contributed by atoms with Crippen molar-refractivity contribution < 1.29 is 0 Å². The Hall–Kier alpha value is -0.0800. The van der Waals surface area contributed by atoms with Crippen LogP contribution in [0.4, 0.5) is 0 Å². The van der Waals surface area contributed by atoms with Gasteiger partial charge in [0.05, 0.1) is 0 Å². The smallest absolute Gasteiger partial charge is 0.0266 e. The third-order valence-corrected chi connectivity index (χ3v) is 1.74. The molecule has 0 aliphatic heterocycles. The van der Waals surface area contributed by atoms with Crippen molar-refractivity contribution in [3.8, 4) is 0 Å². The number of hydrazine groups is 1. The molecule has 2 heteroatoms. The first-order chi connectivity index (χ1) is 4.84. The Bertz CT molecular complexity index is 103. The molecule has 0 unspecified atom stereocenters. The molecule has 0 aliphatic rings. The van der Waals surface area contributed by atoms with Crippen LogP contribution >= 0.6 is 0 Å². The first kappa shape index (κ1) is 10.9. The predicted molar refractivity (Wildman–Crippen MR) is 50.4 cm³/mol. The molecule has 0 rings (SSSR count). The lowest BCUT2D eigenvalue weighted by Gasteiger charge is -2.32. The highest BCUT2D eigenvalue weighted by molar-refractivity contribution is 4.69. The molecular formula is C9H22N2. The van der Waals surface area contributed by atoms with Crippen molar-refractivity contribution in [1.82, 2.24) is 10.4 Å². The molecule has 0 heterocycles. The topological polar surface area (TPSA) is 15.3 Å². The molecule has 0 saturated carbocycles. The number of nitrogens with one attached hydrogen (secondary N) is 1. The summed E-state index contributed by atoms with van der Waals surface area (Å²) in [6.07, 6.45) is 0. The van der Waals surface area contributed by atoms with E-state index >= 15 is 0 Å². The van der Waals surface area contributed by atoms with Crippen LogP contribution in [0.2, 0.25) is 0 Å². The molecule has 0 amide bonds. The second-order valence-corrected chi connectivity index (χ2v) is 4.49. The summed E-state index contributed by atoms with van der Waals surface area (Å²) in [4.78, 5) is 0. The van der Waals surface area contributed by atoms with E-state index < -0.39 is 0 Å². The van der Waals surface area contributed by atoms with Crippen LogP contribution in [0, 0.1) is 5.92 Å². The highest BCUT2D eigenvalue weighted by Crippen LogP contribution is 2.06. The fourth-order valence-electron chi connectivity index (χ4n) is 0.557. The van der Waals surface area contributed by atoms with Crippen LogP contribution in [0.3, 0.4) is 0 Å². The minimum Gasteiger partial charge on any atom is -0.255 e. The van der Waals surface area contributed by atoms with Gasteiger partial charge >= 0.3 is 0 Å². The second kappa shape index (κ2) is 4.07. The lowest BCUT2D eigenvalue weighted by molar-refractivity contribution is 0.102. The second-order valence-electron chi connectivity index (χ2n) is 4.49. The molecule has 0 fully saturated rings. The quantitative estimate of drug-likeness (QED) is 0.631. The third kappa shape index (κ3) is 5.22. The highest BCUT2D eigenvalue weighted by Gasteiger charge is 2.15. The standard InChI is InChI=1S/C9H22N2/c1-8(2)7-10-11(6)9(3,4)5/h8,10H,7H2,1-6H3. The van der Waals surface area contributed by atoms with Gasteiger partial charge in [-0.15, -0.1) is 0 Å². The van der Waals surface area contributed by atoms with E-state index in [1.54, 1.807) is 0 Å². The molecule has 1 N–H and O–H groups in total. The van der Waals surface area contributed by atoms with Gasteiger partial charge in [-0.3, -0.25) is 5.43 Å². The maximum absolute atomic E-state index is 3.36. The molecular weight excluding hydrogens is 136 g/mol. The maximum atomic E-state index is 3.36. The van der Waals surface area contributed by atoms with E-state index in [9.17, 15) is 0 Å². The Kier molecular flexibility index (Phi) is 4.04. The number of rotatable bonds is 3. The minimum absolute atomic E-state index is 0.217. The molecule has 0 aromatic heterocycles. The molecule has 0 aromatic rings. The summed E-state index contributed by atoms with van der Waals surface area (Å²) in [7, 11) is 2.09. The van der Waals surface area contributed by atoms with Crippen molar-refractivity contribution in [3.05, 3.63) is 0 Å². The summed E-state index contributed by atoms with van der Waals surface area (Å²) in [6, 6.07) is 0. The number of hydrogen-bond acceptors (Lipinski definition) is 2. The van der Waals surface area contributed by atoms with E-state index in [1.165, 1.54) is 0 Å². The van der Waals surface area contributed by atoms with Crippen molar-refractivity contribution >= 4 is 0 Å². The van der Waals surface area contributed by atoms with Crippen LogP contribution in [0.5, 0.6) is 0 Å².